The van der Waals surface area contributed by atoms with Crippen LogP contribution < -0.4 is 5.32 Å². The van der Waals surface area contributed by atoms with Crippen LogP contribution in [0.25, 0.3) is 16.5 Å². The van der Waals surface area contributed by atoms with E-state index < -0.39 is 0 Å². The van der Waals surface area contributed by atoms with Gasteiger partial charge in [-0.3, -0.25) is 9.78 Å². The standard InChI is InChI=1S/C22H18N2O2/c25-14-5-1-4-13(12-14)22-21-16(6-2-8-19(21)26)20-15-7-3-11-23-17(15)9-10-18(20)24-22/h1,3-5,7,9-12,22,24-25H,2,6,8H2. The summed E-state index contributed by atoms with van der Waals surface area (Å²) in [5, 5.41) is 14.5. The van der Waals surface area contributed by atoms with Crippen LogP contribution in [0.2, 0.25) is 0 Å². The van der Waals surface area contributed by atoms with Crippen molar-refractivity contribution < 1.29 is 9.90 Å². The molecule has 2 N–H and O–H groups in total. The Bertz CT molecular complexity index is 1080. The van der Waals surface area contributed by atoms with Crippen molar-refractivity contribution >= 4 is 27.9 Å². The molecular formula is C22H18N2O2. The number of aromatic nitrogens is 1. The normalized spacial score (nSPS) is 19.1. The number of ketones is 1. The number of nitrogens with one attached hydrogen (secondary N) is 1. The first-order valence-corrected chi connectivity index (χ1v) is 8.92. The van der Waals surface area contributed by atoms with E-state index in [0.29, 0.717) is 6.42 Å². The Morgan fingerprint density at radius 2 is 2.00 bits per heavy atom. The van der Waals surface area contributed by atoms with Gasteiger partial charge in [-0.1, -0.05) is 18.2 Å². The van der Waals surface area contributed by atoms with Gasteiger partial charge in [0.25, 0.3) is 0 Å². The maximum absolute atomic E-state index is 12.9. The quantitative estimate of drug-likeness (QED) is 0.678. The van der Waals surface area contributed by atoms with E-state index in [4.69, 9.17) is 0 Å². The molecule has 26 heavy (non-hydrogen) atoms. The van der Waals surface area contributed by atoms with Gasteiger partial charge in [-0.15, -0.1) is 0 Å². The van der Waals surface area contributed by atoms with Crippen molar-refractivity contribution in [3.05, 3.63) is 71.4 Å². The number of carbonyl (C=O) groups is 1. The van der Waals surface area contributed by atoms with Gasteiger partial charge in [0.1, 0.15) is 5.75 Å². The Balaban J connectivity index is 1.79. The molecule has 1 atom stereocenters. The molecule has 0 spiro atoms. The number of aromatic hydroxyl groups is 1. The van der Waals surface area contributed by atoms with E-state index in [1.54, 1.807) is 18.3 Å². The molecule has 4 heteroatoms. The van der Waals surface area contributed by atoms with Crippen molar-refractivity contribution in [3.8, 4) is 5.75 Å². The minimum absolute atomic E-state index is 0.193. The van der Waals surface area contributed by atoms with Crippen molar-refractivity contribution in [2.45, 2.75) is 25.3 Å². The van der Waals surface area contributed by atoms with Crippen molar-refractivity contribution in [2.75, 3.05) is 5.32 Å². The number of fused-ring (bicyclic) bond motifs is 4. The number of benzene rings is 2. The van der Waals surface area contributed by atoms with Crippen molar-refractivity contribution in [2.24, 2.45) is 0 Å². The minimum atomic E-state index is -0.230. The molecule has 4 nitrogen and oxygen atoms in total. The first kappa shape index (κ1) is 15.1. The molecule has 0 radical (unpaired) electrons. The molecule has 128 valence electrons. The molecule has 1 aromatic heterocycles. The highest BCUT2D eigenvalue weighted by Gasteiger charge is 2.35. The van der Waals surface area contributed by atoms with Crippen LogP contribution in [-0.4, -0.2) is 15.9 Å². The van der Waals surface area contributed by atoms with Crippen LogP contribution in [0.5, 0.6) is 5.75 Å². The lowest BCUT2D eigenvalue weighted by Crippen LogP contribution is -2.27. The molecule has 0 amide bonds. The summed E-state index contributed by atoms with van der Waals surface area (Å²) >= 11 is 0. The number of phenols is 1. The SMILES string of the molecule is O=C1CCCC2=C1C(c1cccc(O)c1)Nc1ccc3ncccc3c12. The number of Topliss-reactive ketones (excluding diaryl/α,β-unsaturated/α-hetero) is 1. The Kier molecular flexibility index (Phi) is 3.32. The van der Waals surface area contributed by atoms with E-state index in [-0.39, 0.29) is 17.6 Å². The Morgan fingerprint density at radius 1 is 1.08 bits per heavy atom. The molecule has 0 saturated carbocycles. The van der Waals surface area contributed by atoms with Crippen LogP contribution >= 0.6 is 0 Å². The Labute approximate surface area is 151 Å². The number of hydrogen-bond acceptors (Lipinski definition) is 4. The number of allylic oxidation sites excluding steroid dienone is 1. The van der Waals surface area contributed by atoms with Gasteiger partial charge in [-0.2, -0.15) is 0 Å². The summed E-state index contributed by atoms with van der Waals surface area (Å²) in [6.45, 7) is 0. The molecule has 0 saturated heterocycles. The van der Waals surface area contributed by atoms with Crippen molar-refractivity contribution in [3.63, 3.8) is 0 Å². The number of nitrogens with zero attached hydrogens (tertiary/aromatic N) is 1. The van der Waals surface area contributed by atoms with Gasteiger partial charge in [-0.25, -0.2) is 0 Å². The lowest BCUT2D eigenvalue weighted by molar-refractivity contribution is -0.116. The third-order valence-electron chi connectivity index (χ3n) is 5.34. The lowest BCUT2D eigenvalue weighted by Gasteiger charge is -2.35. The molecular weight excluding hydrogens is 324 g/mol. The fourth-order valence-corrected chi connectivity index (χ4v) is 4.24. The van der Waals surface area contributed by atoms with E-state index in [0.717, 1.165) is 51.7 Å². The molecule has 3 aromatic rings. The largest absolute Gasteiger partial charge is 0.508 e. The summed E-state index contributed by atoms with van der Waals surface area (Å²) in [6.07, 6.45) is 4.13. The molecule has 5 rings (SSSR count). The number of carbonyl (C=O) groups excluding carboxylic acids is 1. The van der Waals surface area contributed by atoms with Crippen LogP contribution in [0.15, 0.2) is 60.3 Å². The van der Waals surface area contributed by atoms with Gasteiger partial charge in [0.05, 0.1) is 11.6 Å². The van der Waals surface area contributed by atoms with E-state index in [1.807, 2.05) is 30.3 Å². The van der Waals surface area contributed by atoms with E-state index >= 15 is 0 Å². The molecule has 0 bridgehead atoms. The topological polar surface area (TPSA) is 62.2 Å². The second kappa shape index (κ2) is 5.70. The zero-order valence-electron chi connectivity index (χ0n) is 14.2. The molecule has 2 aliphatic rings. The highest BCUT2D eigenvalue weighted by Crippen LogP contribution is 2.47. The van der Waals surface area contributed by atoms with Gasteiger partial charge in [0, 0.05) is 34.8 Å². The molecule has 1 unspecified atom stereocenters. The second-order valence-electron chi connectivity index (χ2n) is 6.90. The monoisotopic (exact) mass is 342 g/mol. The van der Waals surface area contributed by atoms with Crippen LogP contribution in [0.1, 0.15) is 36.4 Å². The molecule has 2 heterocycles. The van der Waals surface area contributed by atoms with Gasteiger partial charge in [-0.05, 0) is 54.3 Å². The van der Waals surface area contributed by atoms with Crippen LogP contribution in [0, 0.1) is 0 Å². The summed E-state index contributed by atoms with van der Waals surface area (Å²) < 4.78 is 0. The molecule has 1 aliphatic heterocycles. The molecule has 0 fully saturated rings. The highest BCUT2D eigenvalue weighted by atomic mass is 16.3. The van der Waals surface area contributed by atoms with Gasteiger partial charge in [0.2, 0.25) is 0 Å². The zero-order chi connectivity index (χ0) is 17.7. The van der Waals surface area contributed by atoms with Gasteiger partial charge < -0.3 is 10.4 Å². The molecule has 1 aliphatic carbocycles. The van der Waals surface area contributed by atoms with Gasteiger partial charge in [0.15, 0.2) is 5.78 Å². The summed E-state index contributed by atoms with van der Waals surface area (Å²) in [5.41, 5.74) is 5.94. The predicted molar refractivity (Wildman–Crippen MR) is 102 cm³/mol. The molecule has 2 aromatic carbocycles. The second-order valence-corrected chi connectivity index (χ2v) is 6.90. The summed E-state index contributed by atoms with van der Waals surface area (Å²) in [6, 6.07) is 15.0. The Morgan fingerprint density at radius 3 is 2.88 bits per heavy atom. The van der Waals surface area contributed by atoms with Crippen molar-refractivity contribution in [1.82, 2.24) is 4.98 Å². The number of pyridine rings is 1. The van der Waals surface area contributed by atoms with Crippen LogP contribution in [-0.2, 0) is 4.79 Å². The average Bonchev–Trinajstić information content (AvgIpc) is 2.67. The first-order chi connectivity index (χ1) is 12.7. The van der Waals surface area contributed by atoms with E-state index in [9.17, 15) is 9.90 Å². The summed E-state index contributed by atoms with van der Waals surface area (Å²) in [7, 11) is 0. The zero-order valence-corrected chi connectivity index (χ0v) is 14.2. The fourth-order valence-electron chi connectivity index (χ4n) is 4.24. The maximum atomic E-state index is 12.9. The minimum Gasteiger partial charge on any atom is -0.508 e. The highest BCUT2D eigenvalue weighted by molar-refractivity contribution is 6.12. The first-order valence-electron chi connectivity index (χ1n) is 8.92. The average molecular weight is 342 g/mol. The summed E-state index contributed by atoms with van der Waals surface area (Å²) in [5.74, 6) is 0.404. The Hall–Kier alpha value is -3.14. The van der Waals surface area contributed by atoms with E-state index in [1.165, 1.54) is 0 Å². The maximum Gasteiger partial charge on any atom is 0.161 e. The number of anilines is 1. The third kappa shape index (κ3) is 2.22. The third-order valence-corrected chi connectivity index (χ3v) is 5.34. The smallest absolute Gasteiger partial charge is 0.161 e. The predicted octanol–water partition coefficient (Wildman–Crippen LogP) is 4.61. The number of rotatable bonds is 1. The fraction of sp³-hybridized carbons (Fsp3) is 0.182. The van der Waals surface area contributed by atoms with E-state index in [2.05, 4.69) is 16.4 Å². The lowest BCUT2D eigenvalue weighted by atomic mass is 9.77. The number of hydrogen-bond donors (Lipinski definition) is 2. The van der Waals surface area contributed by atoms with Gasteiger partial charge >= 0.3 is 0 Å². The van der Waals surface area contributed by atoms with Crippen molar-refractivity contribution in [1.29, 1.82) is 0 Å². The van der Waals surface area contributed by atoms with Crippen LogP contribution in [0.3, 0.4) is 0 Å². The summed E-state index contributed by atoms with van der Waals surface area (Å²) in [4.78, 5) is 17.3. The number of phenolic OH excluding ortho intramolecular Hbond substituents is 1. The van der Waals surface area contributed by atoms with Crippen LogP contribution in [0.4, 0.5) is 5.69 Å².